The van der Waals surface area contributed by atoms with E-state index in [1.165, 1.54) is 0 Å². The second-order valence-electron chi connectivity index (χ2n) is 4.81. The molecule has 0 N–H and O–H groups in total. The van der Waals surface area contributed by atoms with E-state index in [2.05, 4.69) is 5.10 Å². The van der Waals surface area contributed by atoms with Crippen molar-refractivity contribution in [3.05, 3.63) is 59.9 Å². The molecule has 106 valence electrons. The van der Waals surface area contributed by atoms with Crippen LogP contribution in [0.15, 0.2) is 48.8 Å². The average Bonchev–Trinajstić information content (AvgIpc) is 3.00. The summed E-state index contributed by atoms with van der Waals surface area (Å²) < 4.78 is 7.64. The zero-order valence-corrected chi connectivity index (χ0v) is 11.8. The molecule has 0 unspecified atom stereocenters. The molecule has 1 heterocycles. The van der Waals surface area contributed by atoms with Gasteiger partial charge < -0.3 is 4.74 Å². The van der Waals surface area contributed by atoms with Crippen molar-refractivity contribution >= 4 is 17.1 Å². The summed E-state index contributed by atoms with van der Waals surface area (Å²) in [5.74, 6) is 0.605. The largest absolute Gasteiger partial charge is 0.488 e. The van der Waals surface area contributed by atoms with Crippen LogP contribution in [-0.2, 0) is 13.2 Å². The normalized spacial score (nSPS) is 10.7. The van der Waals surface area contributed by atoms with Gasteiger partial charge in [-0.15, -0.1) is 0 Å². The smallest absolute Gasteiger partial charge is 0.154 e. The van der Waals surface area contributed by atoms with Gasteiger partial charge >= 0.3 is 0 Å². The molecule has 0 atom stereocenters. The van der Waals surface area contributed by atoms with Crippen molar-refractivity contribution in [3.8, 4) is 5.75 Å². The third-order valence-corrected chi connectivity index (χ3v) is 3.45. The first kappa shape index (κ1) is 13.4. The lowest BCUT2D eigenvalue weighted by Gasteiger charge is -2.09. The van der Waals surface area contributed by atoms with Gasteiger partial charge in [0.15, 0.2) is 6.29 Å². The number of carbonyl (C=O) groups is 1. The fraction of sp³-hybridized carbons (Fsp3) is 0.176. The van der Waals surface area contributed by atoms with Crippen LogP contribution < -0.4 is 4.74 Å². The molecular formula is C17H16N2O2. The van der Waals surface area contributed by atoms with Gasteiger partial charge in [-0.25, -0.2) is 0 Å². The number of hydrogen-bond donors (Lipinski definition) is 0. The lowest BCUT2D eigenvalue weighted by atomic mass is 10.0. The van der Waals surface area contributed by atoms with Gasteiger partial charge in [0.1, 0.15) is 12.4 Å². The first-order valence-corrected chi connectivity index (χ1v) is 6.93. The maximum atomic E-state index is 11.4. The topological polar surface area (TPSA) is 44.1 Å². The predicted octanol–water partition coefficient (Wildman–Crippen LogP) is 3.45. The molecule has 4 nitrogen and oxygen atoms in total. The van der Waals surface area contributed by atoms with Crippen LogP contribution in [0, 0.1) is 0 Å². The summed E-state index contributed by atoms with van der Waals surface area (Å²) in [6.45, 7) is 3.26. The van der Waals surface area contributed by atoms with Crippen molar-refractivity contribution in [2.75, 3.05) is 0 Å². The zero-order chi connectivity index (χ0) is 14.7. The van der Waals surface area contributed by atoms with Gasteiger partial charge in [-0.3, -0.25) is 9.48 Å². The summed E-state index contributed by atoms with van der Waals surface area (Å²) in [5.41, 5.74) is 1.58. The summed E-state index contributed by atoms with van der Waals surface area (Å²) in [6.07, 6.45) is 4.58. The molecule has 0 spiro atoms. The number of rotatable bonds is 5. The number of aryl methyl sites for hydroxylation is 1. The Kier molecular flexibility index (Phi) is 3.69. The monoisotopic (exact) mass is 280 g/mol. The Morgan fingerprint density at radius 3 is 2.86 bits per heavy atom. The maximum absolute atomic E-state index is 11.4. The number of aldehydes is 1. The Hall–Kier alpha value is -2.62. The Morgan fingerprint density at radius 1 is 1.24 bits per heavy atom. The third kappa shape index (κ3) is 2.65. The summed E-state index contributed by atoms with van der Waals surface area (Å²) in [5, 5.41) is 6.15. The minimum absolute atomic E-state index is 0.402. The number of aromatic nitrogens is 2. The fourth-order valence-corrected chi connectivity index (χ4v) is 2.34. The van der Waals surface area contributed by atoms with E-state index in [4.69, 9.17) is 4.74 Å². The van der Waals surface area contributed by atoms with E-state index in [9.17, 15) is 4.79 Å². The number of nitrogens with zero attached hydrogens (tertiary/aromatic N) is 2. The van der Waals surface area contributed by atoms with Gasteiger partial charge in [-0.1, -0.05) is 30.3 Å². The molecule has 0 aliphatic heterocycles. The van der Waals surface area contributed by atoms with Crippen LogP contribution >= 0.6 is 0 Å². The van der Waals surface area contributed by atoms with E-state index in [1.54, 1.807) is 6.20 Å². The number of carbonyl (C=O) groups excluding carboxylic acids is 1. The first-order chi connectivity index (χ1) is 10.3. The van der Waals surface area contributed by atoms with Crippen LogP contribution in [0.3, 0.4) is 0 Å². The molecule has 1 aromatic heterocycles. The fourth-order valence-electron chi connectivity index (χ4n) is 2.34. The highest BCUT2D eigenvalue weighted by Gasteiger charge is 2.08. The van der Waals surface area contributed by atoms with Gasteiger partial charge in [0.05, 0.1) is 11.8 Å². The highest BCUT2D eigenvalue weighted by atomic mass is 16.5. The van der Waals surface area contributed by atoms with Crippen molar-refractivity contribution < 1.29 is 9.53 Å². The lowest BCUT2D eigenvalue weighted by molar-refractivity contribution is 0.112. The molecule has 0 saturated heterocycles. The number of benzene rings is 2. The van der Waals surface area contributed by atoms with Gasteiger partial charge in [0.25, 0.3) is 0 Å². The van der Waals surface area contributed by atoms with Gasteiger partial charge in [-0.05, 0) is 23.8 Å². The Balaban J connectivity index is 1.88. The molecule has 0 aliphatic rings. The number of fused-ring (bicyclic) bond motifs is 1. The summed E-state index contributed by atoms with van der Waals surface area (Å²) >= 11 is 0. The van der Waals surface area contributed by atoms with Crippen LogP contribution in [0.1, 0.15) is 22.8 Å². The molecule has 0 aliphatic carbocycles. The van der Waals surface area contributed by atoms with E-state index in [0.717, 1.165) is 29.2 Å². The zero-order valence-electron chi connectivity index (χ0n) is 11.8. The van der Waals surface area contributed by atoms with Crippen molar-refractivity contribution in [3.63, 3.8) is 0 Å². The van der Waals surface area contributed by atoms with Crippen LogP contribution in [0.5, 0.6) is 5.75 Å². The molecule has 2 aromatic carbocycles. The molecule has 21 heavy (non-hydrogen) atoms. The van der Waals surface area contributed by atoms with Gasteiger partial charge in [0.2, 0.25) is 0 Å². The lowest BCUT2D eigenvalue weighted by Crippen LogP contribution is -1.98. The van der Waals surface area contributed by atoms with Crippen molar-refractivity contribution in [2.45, 2.75) is 20.1 Å². The number of ether oxygens (including phenoxy) is 1. The molecule has 4 heteroatoms. The standard InChI is InChI=1S/C17H16N2O2/c1-2-19-10-13(9-18-19)12-21-17-8-7-14-5-3-4-6-15(14)16(17)11-20/h3-11H,2,12H2,1H3. The Morgan fingerprint density at radius 2 is 2.10 bits per heavy atom. The molecular weight excluding hydrogens is 264 g/mol. The molecule has 3 rings (SSSR count). The second-order valence-corrected chi connectivity index (χ2v) is 4.81. The molecule has 0 bridgehead atoms. The minimum Gasteiger partial charge on any atom is -0.488 e. The van der Waals surface area contributed by atoms with Crippen molar-refractivity contribution in [1.82, 2.24) is 9.78 Å². The average molecular weight is 280 g/mol. The minimum atomic E-state index is 0.402. The summed E-state index contributed by atoms with van der Waals surface area (Å²) in [6, 6.07) is 11.6. The third-order valence-electron chi connectivity index (χ3n) is 3.45. The van der Waals surface area contributed by atoms with E-state index in [-0.39, 0.29) is 0 Å². The van der Waals surface area contributed by atoms with Gasteiger partial charge in [-0.2, -0.15) is 5.10 Å². The van der Waals surface area contributed by atoms with Gasteiger partial charge in [0, 0.05) is 18.3 Å². The van der Waals surface area contributed by atoms with Crippen LogP contribution in [-0.4, -0.2) is 16.1 Å². The molecule has 0 amide bonds. The van der Waals surface area contributed by atoms with Crippen molar-refractivity contribution in [2.24, 2.45) is 0 Å². The second kappa shape index (κ2) is 5.79. The van der Waals surface area contributed by atoms with E-state index >= 15 is 0 Å². The van der Waals surface area contributed by atoms with Crippen LogP contribution in [0.2, 0.25) is 0 Å². The quantitative estimate of drug-likeness (QED) is 0.672. The molecule has 3 aromatic rings. The summed E-state index contributed by atoms with van der Waals surface area (Å²) in [7, 11) is 0. The Bertz CT molecular complexity index is 777. The molecule has 0 fully saturated rings. The SMILES string of the molecule is CCn1cc(COc2ccc3ccccc3c2C=O)cn1. The Labute approximate surface area is 123 Å². The highest BCUT2D eigenvalue weighted by molar-refractivity contribution is 6.00. The van der Waals surface area contributed by atoms with Crippen LogP contribution in [0.25, 0.3) is 10.8 Å². The van der Waals surface area contributed by atoms with Crippen LogP contribution in [0.4, 0.5) is 0 Å². The van der Waals surface area contributed by atoms with E-state index in [1.807, 2.05) is 54.2 Å². The summed E-state index contributed by atoms with van der Waals surface area (Å²) in [4.78, 5) is 11.4. The number of hydrogen-bond acceptors (Lipinski definition) is 3. The molecule has 0 radical (unpaired) electrons. The maximum Gasteiger partial charge on any atom is 0.154 e. The highest BCUT2D eigenvalue weighted by Crippen LogP contribution is 2.27. The van der Waals surface area contributed by atoms with E-state index in [0.29, 0.717) is 17.9 Å². The van der Waals surface area contributed by atoms with E-state index < -0.39 is 0 Å². The van der Waals surface area contributed by atoms with Crippen molar-refractivity contribution in [1.29, 1.82) is 0 Å². The molecule has 0 saturated carbocycles. The predicted molar refractivity (Wildman–Crippen MR) is 81.6 cm³/mol. The first-order valence-electron chi connectivity index (χ1n) is 6.93.